The molecule has 1 aliphatic rings. The molecule has 0 bridgehead atoms. The first kappa shape index (κ1) is 13.2. The van der Waals surface area contributed by atoms with Crippen LogP contribution in [0.4, 0.5) is 0 Å². The number of fused-ring (bicyclic) bond motifs is 1. The highest BCUT2D eigenvalue weighted by molar-refractivity contribution is 5.84. The van der Waals surface area contributed by atoms with Gasteiger partial charge in [-0.15, -0.1) is 0 Å². The molecule has 1 aromatic heterocycles. The van der Waals surface area contributed by atoms with Crippen LogP contribution in [0.25, 0.3) is 10.9 Å². The highest BCUT2D eigenvalue weighted by atomic mass is 16.5. The maximum atomic E-state index is 12.0. The largest absolute Gasteiger partial charge is 0.461 e. The van der Waals surface area contributed by atoms with Gasteiger partial charge in [0.15, 0.2) is 0 Å². The Hall–Kier alpha value is -1.81. The fourth-order valence-electron chi connectivity index (χ4n) is 2.88. The summed E-state index contributed by atoms with van der Waals surface area (Å²) >= 11 is 0. The number of carbonyl (C=O) groups excluding carboxylic acids is 1. The predicted octanol–water partition coefficient (Wildman–Crippen LogP) is 2.52. The number of esters is 1. The van der Waals surface area contributed by atoms with E-state index in [0.29, 0.717) is 6.42 Å². The molecule has 3 N–H and O–H groups in total. The van der Waals surface area contributed by atoms with Crippen molar-refractivity contribution in [2.24, 2.45) is 5.73 Å². The van der Waals surface area contributed by atoms with E-state index in [9.17, 15) is 4.79 Å². The fourth-order valence-corrected chi connectivity index (χ4v) is 2.88. The quantitative estimate of drug-likeness (QED) is 0.840. The zero-order chi connectivity index (χ0) is 13.9. The Bertz CT molecular complexity index is 599. The number of ether oxygens (including phenoxy) is 1. The molecule has 1 aliphatic carbocycles. The summed E-state index contributed by atoms with van der Waals surface area (Å²) < 4.78 is 5.46. The number of benzene rings is 1. The first-order valence-corrected chi connectivity index (χ1v) is 7.25. The minimum Gasteiger partial charge on any atom is -0.461 e. The Kier molecular flexibility index (Phi) is 3.74. The van der Waals surface area contributed by atoms with Crippen molar-refractivity contribution >= 4 is 16.9 Å². The second-order valence-corrected chi connectivity index (χ2v) is 5.51. The van der Waals surface area contributed by atoms with Crippen molar-refractivity contribution in [3.8, 4) is 0 Å². The van der Waals surface area contributed by atoms with E-state index in [-0.39, 0.29) is 12.1 Å². The molecule has 4 nitrogen and oxygen atoms in total. The standard InChI is InChI=1S/C16H20N2O2/c17-14(16(19)20-12-5-1-2-6-12)9-11-10-18-15-8-4-3-7-13(11)15/h3-4,7-8,10,12,14,18H,1-2,5-6,9,17H2. The van der Waals surface area contributed by atoms with Crippen LogP contribution in [-0.2, 0) is 16.0 Å². The van der Waals surface area contributed by atoms with Crippen LogP contribution >= 0.6 is 0 Å². The zero-order valence-corrected chi connectivity index (χ0v) is 11.5. The Labute approximate surface area is 118 Å². The Morgan fingerprint density at radius 3 is 2.90 bits per heavy atom. The summed E-state index contributed by atoms with van der Waals surface area (Å²) in [6, 6.07) is 7.44. The highest BCUT2D eigenvalue weighted by Crippen LogP contribution is 2.22. The van der Waals surface area contributed by atoms with Gasteiger partial charge < -0.3 is 15.5 Å². The fraction of sp³-hybridized carbons (Fsp3) is 0.438. The van der Waals surface area contributed by atoms with Crippen LogP contribution in [0, 0.1) is 0 Å². The number of nitrogens with two attached hydrogens (primary N) is 1. The maximum Gasteiger partial charge on any atom is 0.323 e. The van der Waals surface area contributed by atoms with E-state index in [1.807, 2.05) is 30.5 Å². The van der Waals surface area contributed by atoms with E-state index in [1.165, 1.54) is 0 Å². The van der Waals surface area contributed by atoms with Gasteiger partial charge in [-0.25, -0.2) is 0 Å². The first-order chi connectivity index (χ1) is 9.74. The van der Waals surface area contributed by atoms with Crippen LogP contribution in [0.5, 0.6) is 0 Å². The van der Waals surface area contributed by atoms with Gasteiger partial charge in [-0.05, 0) is 37.3 Å². The minimum atomic E-state index is -0.588. The summed E-state index contributed by atoms with van der Waals surface area (Å²) in [5, 5.41) is 1.12. The molecule has 20 heavy (non-hydrogen) atoms. The molecular weight excluding hydrogens is 252 g/mol. The smallest absolute Gasteiger partial charge is 0.323 e. The first-order valence-electron chi connectivity index (χ1n) is 7.25. The van der Waals surface area contributed by atoms with E-state index in [4.69, 9.17) is 10.5 Å². The van der Waals surface area contributed by atoms with E-state index in [2.05, 4.69) is 4.98 Å². The third-order valence-corrected chi connectivity index (χ3v) is 4.00. The van der Waals surface area contributed by atoms with Crippen LogP contribution in [0.15, 0.2) is 30.5 Å². The molecule has 0 aliphatic heterocycles. The maximum absolute atomic E-state index is 12.0. The number of carbonyl (C=O) groups is 1. The SMILES string of the molecule is NC(Cc1c[nH]c2ccccc12)C(=O)OC1CCCC1. The average molecular weight is 272 g/mol. The molecule has 0 amide bonds. The molecule has 1 atom stereocenters. The van der Waals surface area contributed by atoms with Crippen molar-refractivity contribution in [1.29, 1.82) is 0 Å². The van der Waals surface area contributed by atoms with Crippen LogP contribution in [0.1, 0.15) is 31.2 Å². The number of hydrogen-bond donors (Lipinski definition) is 2. The molecule has 0 spiro atoms. The van der Waals surface area contributed by atoms with E-state index in [1.54, 1.807) is 0 Å². The third-order valence-electron chi connectivity index (χ3n) is 4.00. The second kappa shape index (κ2) is 5.67. The van der Waals surface area contributed by atoms with Gasteiger partial charge in [-0.3, -0.25) is 4.79 Å². The lowest BCUT2D eigenvalue weighted by Crippen LogP contribution is -2.36. The molecule has 2 aromatic rings. The van der Waals surface area contributed by atoms with Gasteiger partial charge in [-0.1, -0.05) is 18.2 Å². The minimum absolute atomic E-state index is 0.0801. The summed E-state index contributed by atoms with van der Waals surface area (Å²) in [5.74, 6) is -0.276. The van der Waals surface area contributed by atoms with Crippen molar-refractivity contribution in [2.45, 2.75) is 44.2 Å². The molecule has 1 fully saturated rings. The van der Waals surface area contributed by atoms with Gasteiger partial charge in [0, 0.05) is 23.5 Å². The van der Waals surface area contributed by atoms with Gasteiger partial charge in [0.05, 0.1) is 0 Å². The van der Waals surface area contributed by atoms with Gasteiger partial charge in [0.1, 0.15) is 12.1 Å². The van der Waals surface area contributed by atoms with Crippen LogP contribution in [-0.4, -0.2) is 23.1 Å². The topological polar surface area (TPSA) is 68.1 Å². The number of aromatic amines is 1. The van der Waals surface area contributed by atoms with E-state index >= 15 is 0 Å². The zero-order valence-electron chi connectivity index (χ0n) is 11.5. The molecule has 106 valence electrons. The Balaban J connectivity index is 1.65. The van der Waals surface area contributed by atoms with E-state index < -0.39 is 6.04 Å². The van der Waals surface area contributed by atoms with Crippen molar-refractivity contribution in [1.82, 2.24) is 4.98 Å². The molecule has 1 aromatic carbocycles. The lowest BCUT2D eigenvalue weighted by molar-refractivity contribution is -0.150. The summed E-state index contributed by atoms with van der Waals surface area (Å²) in [4.78, 5) is 15.2. The lowest BCUT2D eigenvalue weighted by Gasteiger charge is -2.15. The number of nitrogens with one attached hydrogen (secondary N) is 1. The summed E-state index contributed by atoms with van der Waals surface area (Å²) in [7, 11) is 0. The molecule has 3 rings (SSSR count). The predicted molar refractivity (Wildman–Crippen MR) is 78.3 cm³/mol. The van der Waals surface area contributed by atoms with Gasteiger partial charge >= 0.3 is 5.97 Å². The molecular formula is C16H20N2O2. The monoisotopic (exact) mass is 272 g/mol. The van der Waals surface area contributed by atoms with Gasteiger partial charge in [0.2, 0.25) is 0 Å². The van der Waals surface area contributed by atoms with E-state index in [0.717, 1.165) is 42.1 Å². The molecule has 1 heterocycles. The van der Waals surface area contributed by atoms with Crippen LogP contribution in [0.3, 0.4) is 0 Å². The number of hydrogen-bond acceptors (Lipinski definition) is 3. The number of para-hydroxylation sites is 1. The summed E-state index contributed by atoms with van der Waals surface area (Å²) in [5.41, 5.74) is 8.12. The number of aromatic nitrogens is 1. The average Bonchev–Trinajstić information content (AvgIpc) is 3.09. The normalized spacial score (nSPS) is 17.4. The Morgan fingerprint density at radius 1 is 1.35 bits per heavy atom. The Morgan fingerprint density at radius 2 is 2.10 bits per heavy atom. The highest BCUT2D eigenvalue weighted by Gasteiger charge is 2.23. The van der Waals surface area contributed by atoms with Crippen molar-refractivity contribution < 1.29 is 9.53 Å². The number of H-pyrrole nitrogens is 1. The lowest BCUT2D eigenvalue weighted by atomic mass is 10.1. The summed E-state index contributed by atoms with van der Waals surface area (Å²) in [6.45, 7) is 0. The van der Waals surface area contributed by atoms with Crippen molar-refractivity contribution in [3.63, 3.8) is 0 Å². The van der Waals surface area contributed by atoms with Crippen LogP contribution in [0.2, 0.25) is 0 Å². The van der Waals surface area contributed by atoms with Crippen LogP contribution < -0.4 is 5.73 Å². The van der Waals surface area contributed by atoms with Gasteiger partial charge in [-0.2, -0.15) is 0 Å². The third kappa shape index (κ3) is 2.70. The van der Waals surface area contributed by atoms with Crippen molar-refractivity contribution in [2.75, 3.05) is 0 Å². The summed E-state index contributed by atoms with van der Waals surface area (Å²) in [6.07, 6.45) is 6.77. The van der Waals surface area contributed by atoms with Crippen molar-refractivity contribution in [3.05, 3.63) is 36.0 Å². The molecule has 4 heteroatoms. The molecule has 1 unspecified atom stereocenters. The molecule has 0 radical (unpaired) electrons. The molecule has 1 saturated carbocycles. The molecule has 0 saturated heterocycles. The second-order valence-electron chi connectivity index (χ2n) is 5.51. The number of rotatable bonds is 4. The van der Waals surface area contributed by atoms with Gasteiger partial charge in [0.25, 0.3) is 0 Å².